The maximum atomic E-state index is 6.11. The van der Waals surface area contributed by atoms with Gasteiger partial charge >= 0.3 is 0 Å². The number of hydrogen-bond donors (Lipinski definition) is 0. The van der Waals surface area contributed by atoms with Gasteiger partial charge in [-0.05, 0) is 25.0 Å². The van der Waals surface area contributed by atoms with Gasteiger partial charge in [0.25, 0.3) is 0 Å². The van der Waals surface area contributed by atoms with E-state index in [0.29, 0.717) is 5.15 Å². The molecule has 0 amide bonds. The summed E-state index contributed by atoms with van der Waals surface area (Å²) in [5.74, 6) is 0. The lowest BCUT2D eigenvalue weighted by molar-refractivity contribution is 1.22. The Morgan fingerprint density at radius 2 is 1.78 bits per heavy atom. The van der Waals surface area contributed by atoms with E-state index in [4.69, 9.17) is 11.6 Å². The molecule has 90 valence electrons. The third kappa shape index (κ3) is 1.80. The second kappa shape index (κ2) is 4.34. The van der Waals surface area contributed by atoms with Gasteiger partial charge < -0.3 is 0 Å². The number of benzene rings is 1. The molecule has 2 aromatic heterocycles. The minimum atomic E-state index is 0.534. The second-order valence-electron chi connectivity index (χ2n) is 4.26. The third-order valence-corrected chi connectivity index (χ3v) is 4.71. The van der Waals surface area contributed by atoms with Gasteiger partial charge in [0.2, 0.25) is 0 Å². The summed E-state index contributed by atoms with van der Waals surface area (Å²) in [7, 11) is 0. The van der Waals surface area contributed by atoms with Crippen LogP contribution in [0.3, 0.4) is 0 Å². The van der Waals surface area contributed by atoms with Crippen LogP contribution in [0, 0.1) is 13.8 Å². The summed E-state index contributed by atoms with van der Waals surface area (Å²) in [4.78, 5) is 9.57. The third-order valence-electron chi connectivity index (χ3n) is 2.97. The van der Waals surface area contributed by atoms with E-state index in [-0.39, 0.29) is 0 Å². The van der Waals surface area contributed by atoms with Crippen molar-refractivity contribution in [3.8, 4) is 10.4 Å². The van der Waals surface area contributed by atoms with E-state index < -0.39 is 0 Å². The summed E-state index contributed by atoms with van der Waals surface area (Å²) in [6.45, 7) is 4.17. The first-order valence-corrected chi connectivity index (χ1v) is 6.83. The van der Waals surface area contributed by atoms with Gasteiger partial charge in [-0.2, -0.15) is 0 Å². The zero-order chi connectivity index (χ0) is 12.7. The minimum Gasteiger partial charge on any atom is -0.235 e. The van der Waals surface area contributed by atoms with Gasteiger partial charge in [0, 0.05) is 4.88 Å². The van der Waals surface area contributed by atoms with E-state index in [2.05, 4.69) is 48.1 Å². The van der Waals surface area contributed by atoms with Crippen LogP contribution in [0.15, 0.2) is 30.6 Å². The van der Waals surface area contributed by atoms with Crippen molar-refractivity contribution in [3.05, 3.63) is 46.9 Å². The number of aryl methyl sites for hydroxylation is 2. The van der Waals surface area contributed by atoms with Crippen LogP contribution < -0.4 is 0 Å². The first-order valence-electron chi connectivity index (χ1n) is 5.63. The molecule has 0 spiro atoms. The molecule has 0 aliphatic rings. The minimum absolute atomic E-state index is 0.534. The molecule has 0 bridgehead atoms. The van der Waals surface area contributed by atoms with Crippen LogP contribution in [-0.2, 0) is 0 Å². The molecular weight excluding hydrogens is 264 g/mol. The van der Waals surface area contributed by atoms with Gasteiger partial charge in [0.15, 0.2) is 0 Å². The van der Waals surface area contributed by atoms with Crippen molar-refractivity contribution in [3.63, 3.8) is 0 Å². The topological polar surface area (TPSA) is 25.8 Å². The average molecular weight is 275 g/mol. The van der Waals surface area contributed by atoms with Crippen LogP contribution in [0.5, 0.6) is 0 Å². The van der Waals surface area contributed by atoms with Gasteiger partial charge in [0.1, 0.15) is 11.5 Å². The summed E-state index contributed by atoms with van der Waals surface area (Å²) in [6.07, 6.45) is 1.52. The fourth-order valence-corrected chi connectivity index (χ4v) is 3.37. The summed E-state index contributed by atoms with van der Waals surface area (Å²) in [5.41, 5.74) is 4.59. The smallest absolute Gasteiger partial charge is 0.150 e. The van der Waals surface area contributed by atoms with Gasteiger partial charge in [-0.25, -0.2) is 9.97 Å². The standard InChI is InChI=1S/C14H11ClN2S/c1-8-3-5-10(6-4-8)12-9(2)11-13(18-12)14(15)17-7-16-11/h3-7H,1-2H3. The van der Waals surface area contributed by atoms with Gasteiger partial charge in [-0.15, -0.1) is 11.3 Å². The highest BCUT2D eigenvalue weighted by Gasteiger charge is 2.13. The molecule has 0 saturated carbocycles. The number of fused-ring (bicyclic) bond motifs is 1. The SMILES string of the molecule is Cc1ccc(-c2sc3c(Cl)ncnc3c2C)cc1. The average Bonchev–Trinajstić information content (AvgIpc) is 2.70. The fourth-order valence-electron chi connectivity index (χ4n) is 1.98. The number of halogens is 1. The fraction of sp³-hybridized carbons (Fsp3) is 0.143. The molecule has 0 fully saturated rings. The van der Waals surface area contributed by atoms with Gasteiger partial charge in [-0.3, -0.25) is 0 Å². The zero-order valence-corrected chi connectivity index (χ0v) is 11.6. The van der Waals surface area contributed by atoms with Crippen LogP contribution in [0.1, 0.15) is 11.1 Å². The maximum absolute atomic E-state index is 6.11. The molecule has 2 nitrogen and oxygen atoms in total. The highest BCUT2D eigenvalue weighted by atomic mass is 35.5. The second-order valence-corrected chi connectivity index (χ2v) is 5.64. The van der Waals surface area contributed by atoms with Crippen LogP contribution in [0.4, 0.5) is 0 Å². The van der Waals surface area contributed by atoms with Crippen LogP contribution in [-0.4, -0.2) is 9.97 Å². The predicted octanol–water partition coefficient (Wildman–Crippen LogP) is 4.63. The molecule has 1 aromatic carbocycles. The van der Waals surface area contributed by atoms with Crippen LogP contribution in [0.2, 0.25) is 5.15 Å². The summed E-state index contributed by atoms with van der Waals surface area (Å²) >= 11 is 7.77. The van der Waals surface area contributed by atoms with Gasteiger partial charge in [0.05, 0.1) is 10.2 Å². The molecule has 0 unspecified atom stereocenters. The summed E-state index contributed by atoms with van der Waals surface area (Å²) in [5, 5.41) is 0.534. The van der Waals surface area contributed by atoms with Crippen molar-refractivity contribution in [1.82, 2.24) is 9.97 Å². The number of nitrogens with zero attached hydrogens (tertiary/aromatic N) is 2. The highest BCUT2D eigenvalue weighted by molar-refractivity contribution is 7.23. The van der Waals surface area contributed by atoms with Crippen molar-refractivity contribution in [2.24, 2.45) is 0 Å². The van der Waals surface area contributed by atoms with Crippen molar-refractivity contribution in [2.45, 2.75) is 13.8 Å². The molecule has 3 aromatic rings. The summed E-state index contributed by atoms with van der Waals surface area (Å²) < 4.78 is 0.965. The van der Waals surface area contributed by atoms with E-state index >= 15 is 0 Å². The first-order chi connectivity index (χ1) is 8.66. The lowest BCUT2D eigenvalue weighted by Gasteiger charge is -2.00. The Kier molecular flexibility index (Phi) is 2.80. The molecule has 0 N–H and O–H groups in total. The quantitative estimate of drug-likeness (QED) is 0.605. The molecule has 0 atom stereocenters. The normalized spacial score (nSPS) is 11.1. The Hall–Kier alpha value is -1.45. The van der Waals surface area contributed by atoms with E-state index in [9.17, 15) is 0 Å². The Balaban J connectivity index is 2.27. The van der Waals surface area contributed by atoms with Crippen LogP contribution >= 0.6 is 22.9 Å². The zero-order valence-electron chi connectivity index (χ0n) is 10.1. The van der Waals surface area contributed by atoms with E-state index in [0.717, 1.165) is 10.2 Å². The molecule has 2 heterocycles. The lowest BCUT2D eigenvalue weighted by atomic mass is 10.1. The Morgan fingerprint density at radius 1 is 1.06 bits per heavy atom. The van der Waals surface area contributed by atoms with Gasteiger partial charge in [-0.1, -0.05) is 41.4 Å². The van der Waals surface area contributed by atoms with Crippen LogP contribution in [0.25, 0.3) is 20.7 Å². The van der Waals surface area contributed by atoms with E-state index in [1.807, 2.05) is 0 Å². The largest absolute Gasteiger partial charge is 0.235 e. The number of thiophene rings is 1. The monoisotopic (exact) mass is 274 g/mol. The maximum Gasteiger partial charge on any atom is 0.150 e. The molecule has 3 rings (SSSR count). The molecule has 18 heavy (non-hydrogen) atoms. The van der Waals surface area contributed by atoms with E-state index in [1.165, 1.54) is 27.9 Å². The molecule has 0 saturated heterocycles. The Morgan fingerprint density at radius 3 is 2.44 bits per heavy atom. The first kappa shape index (κ1) is 11.6. The number of aromatic nitrogens is 2. The molecule has 0 radical (unpaired) electrons. The predicted molar refractivity (Wildman–Crippen MR) is 77.3 cm³/mol. The van der Waals surface area contributed by atoms with Crippen molar-refractivity contribution >= 4 is 33.2 Å². The molecular formula is C14H11ClN2S. The lowest BCUT2D eigenvalue weighted by Crippen LogP contribution is -1.81. The van der Waals surface area contributed by atoms with E-state index in [1.54, 1.807) is 11.3 Å². The number of hydrogen-bond acceptors (Lipinski definition) is 3. The van der Waals surface area contributed by atoms with Crippen molar-refractivity contribution < 1.29 is 0 Å². The highest BCUT2D eigenvalue weighted by Crippen LogP contribution is 2.39. The number of rotatable bonds is 1. The van der Waals surface area contributed by atoms with Crippen molar-refractivity contribution in [1.29, 1.82) is 0 Å². The molecule has 0 aliphatic carbocycles. The Bertz CT molecular complexity index is 716. The molecule has 0 aliphatic heterocycles. The Labute approximate surface area is 114 Å². The summed E-state index contributed by atoms with van der Waals surface area (Å²) in [6, 6.07) is 8.50. The molecule has 4 heteroatoms. The van der Waals surface area contributed by atoms with Crippen molar-refractivity contribution in [2.75, 3.05) is 0 Å².